The molecule has 3 N–H and O–H groups in total. The fraction of sp³-hybridized carbons (Fsp3) is 0.824. The van der Waals surface area contributed by atoms with E-state index in [0.717, 1.165) is 50.1 Å². The molecule has 3 amide bonds. The van der Waals surface area contributed by atoms with Crippen molar-refractivity contribution in [1.82, 2.24) is 20.4 Å². The van der Waals surface area contributed by atoms with Gasteiger partial charge in [0.2, 0.25) is 11.8 Å². The molecule has 0 spiro atoms. The number of nitrogens with zero attached hydrogens (tertiary/aromatic N) is 2. The number of carbonyl (C=O) groups is 3. The maximum Gasteiger partial charge on any atom is 0.407 e. The number of carboxylic acid groups (broad SMARTS) is 1. The van der Waals surface area contributed by atoms with Gasteiger partial charge in [0.1, 0.15) is 12.1 Å². The van der Waals surface area contributed by atoms with Crippen molar-refractivity contribution < 1.29 is 19.5 Å². The summed E-state index contributed by atoms with van der Waals surface area (Å²) in [6, 6.07) is -1.39. The number of hydrogen-bond acceptors (Lipinski definition) is 4. The van der Waals surface area contributed by atoms with Gasteiger partial charge in [-0.1, -0.05) is 19.3 Å². The standard InChI is InChI=1S/C17H30N4O4/c1-12(20(2)17(24)25)15(22)19-14(13-6-4-3-5-7-13)16(23)21-10-8-18-9-11-21/h12-14,18H,3-11H2,1-2H3,(H,19,22)(H,24,25). The van der Waals surface area contributed by atoms with Crippen LogP contribution in [-0.2, 0) is 9.59 Å². The Morgan fingerprint density at radius 2 is 1.76 bits per heavy atom. The van der Waals surface area contributed by atoms with Crippen LogP contribution in [0.5, 0.6) is 0 Å². The lowest BCUT2D eigenvalue weighted by Gasteiger charge is -2.36. The van der Waals surface area contributed by atoms with Crippen LogP contribution in [0.4, 0.5) is 4.79 Å². The molecule has 142 valence electrons. The average Bonchev–Trinajstić information content (AvgIpc) is 2.65. The van der Waals surface area contributed by atoms with Crippen LogP contribution in [0, 0.1) is 5.92 Å². The Bertz CT molecular complexity index is 487. The van der Waals surface area contributed by atoms with Crippen LogP contribution in [0.25, 0.3) is 0 Å². The zero-order valence-corrected chi connectivity index (χ0v) is 15.2. The van der Waals surface area contributed by atoms with Crippen LogP contribution in [-0.4, -0.2) is 78.1 Å². The predicted octanol–water partition coefficient (Wildman–Crippen LogP) is 0.482. The number of hydrogen-bond donors (Lipinski definition) is 3. The molecule has 0 radical (unpaired) electrons. The lowest BCUT2D eigenvalue weighted by Crippen LogP contribution is -2.59. The molecule has 2 unspecified atom stereocenters. The molecule has 2 atom stereocenters. The Morgan fingerprint density at radius 1 is 1.16 bits per heavy atom. The van der Waals surface area contributed by atoms with Gasteiger partial charge in [-0.3, -0.25) is 14.5 Å². The largest absolute Gasteiger partial charge is 0.465 e. The smallest absolute Gasteiger partial charge is 0.407 e. The fourth-order valence-corrected chi connectivity index (χ4v) is 3.55. The van der Waals surface area contributed by atoms with Crippen LogP contribution < -0.4 is 10.6 Å². The zero-order chi connectivity index (χ0) is 18.4. The molecular weight excluding hydrogens is 324 g/mol. The zero-order valence-electron chi connectivity index (χ0n) is 15.2. The second-order valence-corrected chi connectivity index (χ2v) is 7.03. The van der Waals surface area contributed by atoms with E-state index in [-0.39, 0.29) is 11.8 Å². The van der Waals surface area contributed by atoms with Gasteiger partial charge in [0.25, 0.3) is 0 Å². The van der Waals surface area contributed by atoms with Gasteiger partial charge in [0.15, 0.2) is 0 Å². The summed E-state index contributed by atoms with van der Waals surface area (Å²) in [5.41, 5.74) is 0. The molecular formula is C17H30N4O4. The van der Waals surface area contributed by atoms with Crippen molar-refractivity contribution in [2.45, 2.75) is 51.1 Å². The van der Waals surface area contributed by atoms with E-state index in [0.29, 0.717) is 13.1 Å². The van der Waals surface area contributed by atoms with E-state index in [1.807, 2.05) is 4.90 Å². The SMILES string of the molecule is CC(C(=O)NC(C(=O)N1CCNCC1)C1CCCCC1)N(C)C(=O)O. The summed E-state index contributed by atoms with van der Waals surface area (Å²) >= 11 is 0. The highest BCUT2D eigenvalue weighted by Crippen LogP contribution is 2.27. The van der Waals surface area contributed by atoms with Gasteiger partial charge in [0, 0.05) is 33.2 Å². The first kappa shape index (κ1) is 19.5. The summed E-state index contributed by atoms with van der Waals surface area (Å²) in [7, 11) is 1.36. The van der Waals surface area contributed by atoms with Gasteiger partial charge in [-0.2, -0.15) is 0 Å². The Hall–Kier alpha value is -1.83. The number of likely N-dealkylation sites (N-methyl/N-ethyl adjacent to an activating group) is 1. The molecule has 1 saturated carbocycles. The minimum atomic E-state index is -1.16. The third kappa shape index (κ3) is 5.07. The molecule has 2 rings (SSSR count). The molecule has 0 aromatic heterocycles. The van der Waals surface area contributed by atoms with E-state index < -0.39 is 24.1 Å². The van der Waals surface area contributed by atoms with E-state index in [4.69, 9.17) is 5.11 Å². The quantitative estimate of drug-likeness (QED) is 0.667. The van der Waals surface area contributed by atoms with Gasteiger partial charge in [-0.25, -0.2) is 4.79 Å². The number of rotatable bonds is 5. The first-order chi connectivity index (χ1) is 11.9. The summed E-state index contributed by atoms with van der Waals surface area (Å²) in [6.07, 6.45) is 3.98. The lowest BCUT2D eigenvalue weighted by atomic mass is 9.83. The molecule has 1 aliphatic carbocycles. The van der Waals surface area contributed by atoms with Gasteiger partial charge < -0.3 is 20.6 Å². The van der Waals surface area contributed by atoms with E-state index in [2.05, 4.69) is 10.6 Å². The van der Waals surface area contributed by atoms with Gasteiger partial charge in [-0.05, 0) is 25.7 Å². The van der Waals surface area contributed by atoms with Crippen molar-refractivity contribution in [2.75, 3.05) is 33.2 Å². The first-order valence-electron chi connectivity index (χ1n) is 9.17. The maximum atomic E-state index is 13.0. The fourth-order valence-electron chi connectivity index (χ4n) is 3.55. The number of piperazine rings is 1. The summed E-state index contributed by atoms with van der Waals surface area (Å²) in [4.78, 5) is 39.4. The molecule has 0 bridgehead atoms. The topological polar surface area (TPSA) is 102 Å². The van der Waals surface area contributed by atoms with Crippen molar-refractivity contribution >= 4 is 17.9 Å². The Labute approximate surface area is 148 Å². The number of nitrogens with one attached hydrogen (secondary N) is 2. The molecule has 1 aliphatic heterocycles. The maximum absolute atomic E-state index is 13.0. The molecule has 8 nitrogen and oxygen atoms in total. The number of carbonyl (C=O) groups excluding carboxylic acids is 2. The third-order valence-corrected chi connectivity index (χ3v) is 5.38. The van der Waals surface area contributed by atoms with E-state index in [1.54, 1.807) is 0 Å². The average molecular weight is 354 g/mol. The highest BCUT2D eigenvalue weighted by molar-refractivity contribution is 5.91. The Kier molecular flexibility index (Phi) is 7.04. The van der Waals surface area contributed by atoms with Crippen molar-refractivity contribution in [2.24, 2.45) is 5.92 Å². The minimum absolute atomic E-state index is 0.0353. The summed E-state index contributed by atoms with van der Waals surface area (Å²) in [5.74, 6) is -0.321. The highest BCUT2D eigenvalue weighted by Gasteiger charge is 2.35. The van der Waals surface area contributed by atoms with Crippen LogP contribution in [0.3, 0.4) is 0 Å². The molecule has 25 heavy (non-hydrogen) atoms. The normalized spacial score (nSPS) is 21.3. The first-order valence-corrected chi connectivity index (χ1v) is 9.17. The molecule has 2 aliphatic rings. The van der Waals surface area contributed by atoms with Crippen molar-refractivity contribution in [3.63, 3.8) is 0 Å². The third-order valence-electron chi connectivity index (χ3n) is 5.38. The summed E-state index contributed by atoms with van der Waals surface area (Å²) in [6.45, 7) is 4.34. The van der Waals surface area contributed by atoms with E-state index in [1.165, 1.54) is 14.0 Å². The molecule has 1 saturated heterocycles. The van der Waals surface area contributed by atoms with E-state index in [9.17, 15) is 14.4 Å². The van der Waals surface area contributed by atoms with E-state index >= 15 is 0 Å². The second kappa shape index (κ2) is 9.03. The predicted molar refractivity (Wildman–Crippen MR) is 93.2 cm³/mol. The molecule has 1 heterocycles. The Balaban J connectivity index is 2.09. The van der Waals surface area contributed by atoms with Crippen molar-refractivity contribution in [3.8, 4) is 0 Å². The van der Waals surface area contributed by atoms with Crippen molar-refractivity contribution in [1.29, 1.82) is 0 Å². The number of amides is 3. The second-order valence-electron chi connectivity index (χ2n) is 7.03. The summed E-state index contributed by atoms with van der Waals surface area (Å²) < 4.78 is 0. The van der Waals surface area contributed by atoms with Gasteiger partial charge in [-0.15, -0.1) is 0 Å². The minimum Gasteiger partial charge on any atom is -0.465 e. The van der Waals surface area contributed by atoms with Crippen LogP contribution in [0.1, 0.15) is 39.0 Å². The molecule has 0 aromatic rings. The van der Waals surface area contributed by atoms with Crippen molar-refractivity contribution in [3.05, 3.63) is 0 Å². The van der Waals surface area contributed by atoms with Gasteiger partial charge in [0.05, 0.1) is 0 Å². The van der Waals surface area contributed by atoms with Crippen LogP contribution >= 0.6 is 0 Å². The summed E-state index contributed by atoms with van der Waals surface area (Å²) in [5, 5.41) is 15.1. The molecule has 0 aromatic carbocycles. The molecule has 2 fully saturated rings. The van der Waals surface area contributed by atoms with Crippen LogP contribution in [0.2, 0.25) is 0 Å². The Morgan fingerprint density at radius 3 is 2.32 bits per heavy atom. The van der Waals surface area contributed by atoms with Gasteiger partial charge >= 0.3 is 6.09 Å². The monoisotopic (exact) mass is 354 g/mol. The molecule has 8 heteroatoms. The lowest BCUT2D eigenvalue weighted by molar-refractivity contribution is -0.139. The van der Waals surface area contributed by atoms with Crippen LogP contribution in [0.15, 0.2) is 0 Å². The highest BCUT2D eigenvalue weighted by atomic mass is 16.4.